The minimum Gasteiger partial charge on any atom is -0.339 e. The zero-order valence-electron chi connectivity index (χ0n) is 12.7. The van der Waals surface area contributed by atoms with Crippen LogP contribution in [0.4, 0.5) is 0 Å². The Morgan fingerprint density at radius 1 is 1.05 bits per heavy atom. The normalized spacial score (nSPS) is 10.5. The fraction of sp³-hybridized carbons (Fsp3) is 0.294. The topological polar surface area (TPSA) is 24.2 Å². The molecule has 0 bridgehead atoms. The van der Waals surface area contributed by atoms with Gasteiger partial charge >= 0.3 is 0 Å². The van der Waals surface area contributed by atoms with E-state index in [2.05, 4.69) is 0 Å². The van der Waals surface area contributed by atoms with E-state index in [4.69, 9.17) is 23.2 Å². The molecule has 0 fully saturated rings. The van der Waals surface area contributed by atoms with Gasteiger partial charge in [0.15, 0.2) is 18.9 Å². The van der Waals surface area contributed by atoms with Gasteiger partial charge in [0.05, 0.1) is 15.6 Å². The Balaban J connectivity index is 2.11. The Bertz CT molecular complexity index is 652. The molecule has 0 spiro atoms. The molecule has 1 heterocycles. The summed E-state index contributed by atoms with van der Waals surface area (Å²) in [6.45, 7) is 6.07. The summed E-state index contributed by atoms with van der Waals surface area (Å²) in [5.41, 5.74) is 1.76. The number of nitrogens with zero attached hydrogens (tertiary/aromatic N) is 2. The number of halogens is 2. The number of hydrogen-bond acceptors (Lipinski definition) is 1. The van der Waals surface area contributed by atoms with Gasteiger partial charge in [-0.3, -0.25) is 4.79 Å². The highest BCUT2D eigenvalue weighted by Gasteiger charge is 2.14. The molecule has 0 radical (unpaired) electrons. The molecule has 0 saturated heterocycles. The Labute approximate surface area is 141 Å². The van der Waals surface area contributed by atoms with Crippen molar-refractivity contribution >= 4 is 29.1 Å². The molecule has 1 amide bonds. The summed E-state index contributed by atoms with van der Waals surface area (Å²) in [5.74, 6) is 0.0617. The van der Waals surface area contributed by atoms with Crippen LogP contribution in [0.25, 0.3) is 0 Å². The van der Waals surface area contributed by atoms with Crippen LogP contribution in [0.5, 0.6) is 0 Å². The Morgan fingerprint density at radius 2 is 1.68 bits per heavy atom. The molecule has 116 valence electrons. The van der Waals surface area contributed by atoms with E-state index >= 15 is 0 Å². The smallest absolute Gasteiger partial charge is 0.254 e. The van der Waals surface area contributed by atoms with E-state index in [0.29, 0.717) is 35.2 Å². The zero-order chi connectivity index (χ0) is 16.1. The Hall–Kier alpha value is -1.58. The third kappa shape index (κ3) is 3.99. The molecule has 0 aliphatic heterocycles. The van der Waals surface area contributed by atoms with Gasteiger partial charge in [-0.05, 0) is 26.0 Å². The lowest BCUT2D eigenvalue weighted by atomic mass is 10.2. The predicted octanol–water partition coefficient (Wildman–Crippen LogP) is 3.81. The summed E-state index contributed by atoms with van der Waals surface area (Å²) < 4.78 is 2.00. The first-order valence-corrected chi connectivity index (χ1v) is 8.03. The van der Waals surface area contributed by atoms with Crippen molar-refractivity contribution in [3.05, 3.63) is 63.9 Å². The number of aromatic nitrogens is 1. The van der Waals surface area contributed by atoms with Gasteiger partial charge in [0.25, 0.3) is 5.91 Å². The molecule has 2 rings (SSSR count). The van der Waals surface area contributed by atoms with E-state index < -0.39 is 0 Å². The Morgan fingerprint density at radius 3 is 2.23 bits per heavy atom. The van der Waals surface area contributed by atoms with Crippen LogP contribution in [0.1, 0.15) is 29.8 Å². The molecule has 1 aromatic heterocycles. The fourth-order valence-electron chi connectivity index (χ4n) is 2.25. The second kappa shape index (κ2) is 7.61. The summed E-state index contributed by atoms with van der Waals surface area (Å²) in [6, 6.07) is 9.27. The van der Waals surface area contributed by atoms with Crippen molar-refractivity contribution in [2.45, 2.75) is 20.4 Å². The van der Waals surface area contributed by atoms with Crippen LogP contribution in [0.3, 0.4) is 0 Å². The average molecular weight is 338 g/mol. The van der Waals surface area contributed by atoms with Crippen molar-refractivity contribution in [1.29, 1.82) is 0 Å². The summed E-state index contributed by atoms with van der Waals surface area (Å²) in [7, 11) is 0. The van der Waals surface area contributed by atoms with Gasteiger partial charge in [-0.2, -0.15) is 0 Å². The van der Waals surface area contributed by atoms with Crippen molar-refractivity contribution in [2.75, 3.05) is 13.1 Å². The lowest BCUT2D eigenvalue weighted by Crippen LogP contribution is -2.35. The van der Waals surface area contributed by atoms with E-state index in [1.165, 1.54) is 0 Å². The number of carbonyl (C=O) groups excluding carboxylic acids is 1. The number of rotatable bonds is 5. The minimum absolute atomic E-state index is 0.0617. The van der Waals surface area contributed by atoms with E-state index in [1.807, 2.05) is 55.1 Å². The van der Waals surface area contributed by atoms with Gasteiger partial charge in [0.1, 0.15) is 0 Å². The summed E-state index contributed by atoms with van der Waals surface area (Å²) in [6.07, 6.45) is 3.80. The summed E-state index contributed by atoms with van der Waals surface area (Å²) in [4.78, 5) is 14.0. The predicted molar refractivity (Wildman–Crippen MR) is 89.5 cm³/mol. The van der Waals surface area contributed by atoms with Crippen molar-refractivity contribution in [3.8, 4) is 0 Å². The first kappa shape index (κ1) is 16.8. The van der Waals surface area contributed by atoms with Gasteiger partial charge in [-0.25, -0.2) is 4.57 Å². The third-order valence-electron chi connectivity index (χ3n) is 3.54. The maximum atomic E-state index is 12.2. The monoisotopic (exact) mass is 337 g/mol. The molecular weight excluding hydrogens is 319 g/mol. The highest BCUT2D eigenvalue weighted by atomic mass is 35.5. The molecule has 1 aromatic carbocycles. The van der Waals surface area contributed by atoms with E-state index in [9.17, 15) is 4.79 Å². The van der Waals surface area contributed by atoms with Crippen molar-refractivity contribution in [1.82, 2.24) is 4.90 Å². The zero-order valence-corrected chi connectivity index (χ0v) is 14.2. The van der Waals surface area contributed by atoms with Crippen LogP contribution in [0.15, 0.2) is 42.7 Å². The highest BCUT2D eigenvalue weighted by Crippen LogP contribution is 2.22. The molecule has 22 heavy (non-hydrogen) atoms. The van der Waals surface area contributed by atoms with Crippen molar-refractivity contribution in [2.24, 2.45) is 0 Å². The number of hydrogen-bond donors (Lipinski definition) is 0. The first-order chi connectivity index (χ1) is 10.5. The lowest BCUT2D eigenvalue weighted by Gasteiger charge is -2.18. The highest BCUT2D eigenvalue weighted by molar-refractivity contribution is 6.42. The van der Waals surface area contributed by atoms with Crippen LogP contribution in [0.2, 0.25) is 10.0 Å². The molecule has 5 heteroatoms. The van der Waals surface area contributed by atoms with E-state index in [1.54, 1.807) is 11.0 Å². The largest absolute Gasteiger partial charge is 0.339 e. The maximum absolute atomic E-state index is 12.2. The van der Waals surface area contributed by atoms with E-state index in [0.717, 1.165) is 5.56 Å². The molecule has 0 N–H and O–H groups in total. The molecule has 2 aromatic rings. The number of benzene rings is 1. The second-order valence-electron chi connectivity index (χ2n) is 4.99. The van der Waals surface area contributed by atoms with Crippen molar-refractivity contribution in [3.63, 3.8) is 0 Å². The van der Waals surface area contributed by atoms with E-state index in [-0.39, 0.29) is 5.91 Å². The molecule has 0 aliphatic rings. The van der Waals surface area contributed by atoms with Gasteiger partial charge in [0.2, 0.25) is 0 Å². The van der Waals surface area contributed by atoms with Gasteiger partial charge in [-0.15, -0.1) is 0 Å². The van der Waals surface area contributed by atoms with Crippen LogP contribution >= 0.6 is 23.2 Å². The molecule has 0 aliphatic carbocycles. The molecular formula is C17H19Cl2N2O+. The van der Waals surface area contributed by atoms with Gasteiger partial charge in [-0.1, -0.05) is 29.3 Å². The first-order valence-electron chi connectivity index (χ1n) is 7.27. The summed E-state index contributed by atoms with van der Waals surface area (Å²) in [5, 5.41) is 1.10. The van der Waals surface area contributed by atoms with Gasteiger partial charge < -0.3 is 4.90 Å². The number of amides is 1. The fourth-order valence-corrected chi connectivity index (χ4v) is 2.57. The van der Waals surface area contributed by atoms with Crippen LogP contribution in [-0.4, -0.2) is 23.9 Å². The van der Waals surface area contributed by atoms with Gasteiger partial charge in [0, 0.05) is 30.8 Å². The lowest BCUT2D eigenvalue weighted by molar-refractivity contribution is -0.688. The van der Waals surface area contributed by atoms with Crippen LogP contribution in [-0.2, 0) is 6.54 Å². The standard InChI is InChI=1S/C17H19Cl2N2O/c1-3-21(4-2)17(22)14-7-9-20(10-8-14)12-13-5-6-15(18)16(19)11-13/h5-11H,3-4,12H2,1-2H3/q+1. The maximum Gasteiger partial charge on any atom is 0.254 e. The minimum atomic E-state index is 0.0617. The number of pyridine rings is 1. The molecule has 0 atom stereocenters. The van der Waals surface area contributed by atoms with Crippen molar-refractivity contribution < 1.29 is 9.36 Å². The second-order valence-corrected chi connectivity index (χ2v) is 5.80. The Kier molecular flexibility index (Phi) is 5.81. The quantitative estimate of drug-likeness (QED) is 0.761. The third-order valence-corrected chi connectivity index (χ3v) is 4.28. The molecule has 0 unspecified atom stereocenters. The summed E-state index contributed by atoms with van der Waals surface area (Å²) >= 11 is 11.9. The molecule has 0 saturated carbocycles. The SMILES string of the molecule is CCN(CC)C(=O)c1cc[n+](Cc2ccc(Cl)c(Cl)c2)cc1. The van der Waals surface area contributed by atoms with Crippen LogP contribution in [0, 0.1) is 0 Å². The average Bonchev–Trinajstić information content (AvgIpc) is 2.53. The number of carbonyl (C=O) groups is 1. The van der Waals surface area contributed by atoms with Crippen LogP contribution < -0.4 is 4.57 Å². The molecule has 3 nitrogen and oxygen atoms in total.